The fraction of sp³-hybridized carbons (Fsp3) is 0.846. The van der Waals surface area contributed by atoms with E-state index in [4.69, 9.17) is 4.74 Å². The number of carbonyl (C=O) groups is 6. The Morgan fingerprint density at radius 3 is 2.29 bits per heavy atom. The number of nitrogens with one attached hydrogen (secondary N) is 1. The Balaban J connectivity index is 1.22. The van der Waals surface area contributed by atoms with Crippen molar-refractivity contribution >= 4 is 36.9 Å². The summed E-state index contributed by atoms with van der Waals surface area (Å²) >= 11 is 0. The quantitative estimate of drug-likeness (QED) is 0.0980. The summed E-state index contributed by atoms with van der Waals surface area (Å²) in [5.74, 6) is 0.624. The van der Waals surface area contributed by atoms with E-state index in [1.54, 1.807) is 4.90 Å². The van der Waals surface area contributed by atoms with Gasteiger partial charge in [-0.05, 0) is 123 Å². The lowest BCUT2D eigenvalue weighted by Crippen LogP contribution is -2.59. The molecule has 13 nitrogen and oxygen atoms in total. The summed E-state index contributed by atoms with van der Waals surface area (Å²) in [5, 5.41) is 33.3. The maximum Gasteiger partial charge on any atom is 0.407 e. The second-order valence-corrected chi connectivity index (χ2v) is 16.8. The highest BCUT2D eigenvalue weighted by Gasteiger charge is 2.63. The van der Waals surface area contributed by atoms with Crippen molar-refractivity contribution in [1.29, 1.82) is 0 Å². The van der Waals surface area contributed by atoms with E-state index in [0.29, 0.717) is 74.4 Å². The van der Waals surface area contributed by atoms with Gasteiger partial charge in [0, 0.05) is 26.1 Å². The number of carboxylic acids is 2. The molecule has 0 radical (unpaired) electrons. The maximum atomic E-state index is 12.8. The highest BCUT2D eigenvalue weighted by molar-refractivity contribution is 5.70. The molecule has 4 saturated carbocycles. The largest absolute Gasteiger partial charge is 0.481 e. The number of aliphatic carboxylic acids is 2. The van der Waals surface area contributed by atoms with Crippen molar-refractivity contribution in [2.24, 2.45) is 46.3 Å². The van der Waals surface area contributed by atoms with Crippen LogP contribution in [-0.2, 0) is 28.7 Å². The zero-order chi connectivity index (χ0) is 38.1. The van der Waals surface area contributed by atoms with Gasteiger partial charge in [0.15, 0.2) is 0 Å². The Labute approximate surface area is 308 Å². The molecule has 0 bridgehead atoms. The predicted molar refractivity (Wildman–Crippen MR) is 192 cm³/mol. The molecule has 4 aliphatic carbocycles. The minimum atomic E-state index is -1.08. The number of hydrogen-bond donors (Lipinski definition) is 4. The van der Waals surface area contributed by atoms with Crippen molar-refractivity contribution in [3.63, 3.8) is 0 Å². The Hall–Kier alpha value is -2.90. The van der Waals surface area contributed by atoms with Crippen LogP contribution in [-0.4, -0.2) is 120 Å². The van der Waals surface area contributed by atoms with E-state index < -0.39 is 30.2 Å². The van der Waals surface area contributed by atoms with Gasteiger partial charge in [-0.3, -0.25) is 19.4 Å². The molecular weight excluding hydrogens is 670 g/mol. The number of hydrogen-bond acceptors (Lipinski definition) is 10. The van der Waals surface area contributed by atoms with Gasteiger partial charge < -0.3 is 39.8 Å². The van der Waals surface area contributed by atoms with Crippen LogP contribution in [0, 0.1) is 46.3 Å². The molecule has 0 aromatic heterocycles. The van der Waals surface area contributed by atoms with Crippen LogP contribution in [0.4, 0.5) is 4.79 Å². The normalized spacial score (nSPS) is 33.6. The highest BCUT2D eigenvalue weighted by atomic mass is 16.6. The second-order valence-electron chi connectivity index (χ2n) is 16.8. The summed E-state index contributed by atoms with van der Waals surface area (Å²) in [4.78, 5) is 72.4. The number of carbonyl (C=O) groups excluding carboxylic acids is 4. The molecule has 4 rings (SSSR count). The number of unbranched alkanes of at least 4 members (excludes halogenated alkanes) is 1. The number of fused-ring (bicyclic) bond motifs is 5. The minimum Gasteiger partial charge on any atom is -0.481 e. The number of carboxylic acid groups (broad SMARTS) is 2. The van der Waals surface area contributed by atoms with E-state index >= 15 is 0 Å². The first-order chi connectivity index (χ1) is 24.8. The molecule has 4 unspecified atom stereocenters. The average Bonchev–Trinajstić information content (AvgIpc) is 3.46. The van der Waals surface area contributed by atoms with E-state index in [0.717, 1.165) is 57.7 Å². The van der Waals surface area contributed by atoms with Crippen LogP contribution >= 0.6 is 0 Å². The summed E-state index contributed by atoms with van der Waals surface area (Å²) < 4.78 is 5.91. The summed E-state index contributed by atoms with van der Waals surface area (Å²) in [6.07, 6.45) is 11.2. The Bertz CT molecular complexity index is 1240. The lowest BCUT2D eigenvalue weighted by Gasteiger charge is -2.62. The molecule has 0 heterocycles. The van der Waals surface area contributed by atoms with Gasteiger partial charge in [0.05, 0.1) is 31.8 Å². The van der Waals surface area contributed by atoms with Crippen LogP contribution in [0.1, 0.15) is 104 Å². The lowest BCUT2D eigenvalue weighted by atomic mass is 9.43. The fourth-order valence-electron chi connectivity index (χ4n) is 11.3. The molecule has 52 heavy (non-hydrogen) atoms. The minimum absolute atomic E-state index is 0.0405. The van der Waals surface area contributed by atoms with E-state index in [1.807, 2.05) is 0 Å². The maximum absolute atomic E-state index is 12.8. The second kappa shape index (κ2) is 18.9. The molecule has 13 heteroatoms. The van der Waals surface area contributed by atoms with E-state index in [9.17, 15) is 44.1 Å². The zero-order valence-corrected chi connectivity index (χ0v) is 31.5. The molecule has 4 aliphatic rings. The fourth-order valence-corrected chi connectivity index (χ4v) is 11.3. The van der Waals surface area contributed by atoms with Gasteiger partial charge in [0.25, 0.3) is 0 Å². The number of nitrogens with zero attached hydrogens (tertiary/aromatic N) is 2. The molecule has 0 spiro atoms. The van der Waals surface area contributed by atoms with E-state index in [2.05, 4.69) is 26.1 Å². The molecule has 4 N–H and O–H groups in total. The average molecular weight is 734 g/mol. The topological polar surface area (TPSA) is 191 Å². The van der Waals surface area contributed by atoms with Crippen LogP contribution in [0.25, 0.3) is 0 Å². The number of ether oxygens (including phenoxy) is 1. The van der Waals surface area contributed by atoms with Crippen molar-refractivity contribution in [3.8, 4) is 0 Å². The van der Waals surface area contributed by atoms with Crippen LogP contribution in [0.15, 0.2) is 0 Å². The Kier molecular flexibility index (Phi) is 15.2. The molecule has 0 saturated heterocycles. The molecule has 294 valence electrons. The van der Waals surface area contributed by atoms with Gasteiger partial charge in [-0.15, -0.1) is 0 Å². The standard InChI is InChI=1S/C39H63N3O10/c1-26(7-12-35(47)48)31-10-11-32-30-9-8-27-22-29(13-14-38(27,2)33(30)23-34(46)39(31,32)3)52-37(51)40-15-5-4-6-28(25-45)42(24-36(49)50)17-16-41(18-20-43)19-21-44/h20-21,25-34,46H,4-19,22-24H2,1-3H3,(H,40,51)(H,47,48)(H,49,50)/t26?,27-,28+,29-,30?,31-,32?,33?,34+,38+,39-/m1/s1. The zero-order valence-electron chi connectivity index (χ0n) is 31.5. The molecule has 0 aromatic carbocycles. The SMILES string of the molecule is CC(CCC(=O)O)[C@H]1CCC2C3CC[C@@H]4C[C@H](OC(=O)NCCCC[C@@H](C=O)N(CCN(CC=O)CC=O)CC(=O)O)CC[C@]4(C)C3C[C@H](O)[C@@]21C. The van der Waals surface area contributed by atoms with Crippen molar-refractivity contribution in [2.75, 3.05) is 39.3 Å². The van der Waals surface area contributed by atoms with E-state index in [1.165, 1.54) is 4.90 Å². The first-order valence-corrected chi connectivity index (χ1v) is 19.6. The summed E-state index contributed by atoms with van der Waals surface area (Å²) in [6.45, 7) is 7.43. The van der Waals surface area contributed by atoms with Crippen LogP contribution in [0.2, 0.25) is 0 Å². The third-order valence-corrected chi connectivity index (χ3v) is 14.1. The Morgan fingerprint density at radius 2 is 1.63 bits per heavy atom. The summed E-state index contributed by atoms with van der Waals surface area (Å²) in [6, 6.07) is -0.648. The van der Waals surface area contributed by atoms with Gasteiger partial charge in [0.2, 0.25) is 0 Å². The monoisotopic (exact) mass is 733 g/mol. The van der Waals surface area contributed by atoms with Crippen molar-refractivity contribution in [1.82, 2.24) is 15.1 Å². The molecule has 0 aliphatic heterocycles. The van der Waals surface area contributed by atoms with Crippen molar-refractivity contribution < 1.29 is 48.8 Å². The highest BCUT2D eigenvalue weighted by Crippen LogP contribution is 2.68. The van der Waals surface area contributed by atoms with Gasteiger partial charge in [-0.1, -0.05) is 20.8 Å². The molecule has 0 aromatic rings. The third-order valence-electron chi connectivity index (χ3n) is 14.1. The first-order valence-electron chi connectivity index (χ1n) is 19.6. The van der Waals surface area contributed by atoms with Gasteiger partial charge in [-0.25, -0.2) is 4.79 Å². The lowest BCUT2D eigenvalue weighted by molar-refractivity contribution is -0.175. The Morgan fingerprint density at radius 1 is 0.904 bits per heavy atom. The van der Waals surface area contributed by atoms with Crippen LogP contribution < -0.4 is 5.32 Å². The van der Waals surface area contributed by atoms with Crippen molar-refractivity contribution in [2.45, 2.75) is 122 Å². The molecule has 11 atom stereocenters. The number of alkyl carbamates (subject to hydrolysis) is 1. The number of rotatable bonds is 21. The van der Waals surface area contributed by atoms with Crippen LogP contribution in [0.3, 0.4) is 0 Å². The number of amides is 1. The van der Waals surface area contributed by atoms with Crippen LogP contribution in [0.5, 0.6) is 0 Å². The van der Waals surface area contributed by atoms with Gasteiger partial charge >= 0.3 is 18.0 Å². The smallest absolute Gasteiger partial charge is 0.407 e. The molecule has 1 amide bonds. The van der Waals surface area contributed by atoms with E-state index in [-0.39, 0.29) is 62.0 Å². The van der Waals surface area contributed by atoms with Crippen molar-refractivity contribution in [3.05, 3.63) is 0 Å². The molecule has 4 fully saturated rings. The molecular formula is C39H63N3O10. The van der Waals surface area contributed by atoms with Gasteiger partial charge in [0.1, 0.15) is 25.0 Å². The number of aliphatic hydroxyl groups is 1. The number of aliphatic hydroxyl groups excluding tert-OH is 1. The summed E-state index contributed by atoms with van der Waals surface area (Å²) in [7, 11) is 0. The third kappa shape index (κ3) is 9.79. The predicted octanol–water partition coefficient (Wildman–Crippen LogP) is 4.04. The number of aldehydes is 3. The summed E-state index contributed by atoms with van der Waals surface area (Å²) in [5.41, 5.74) is -0.0938. The van der Waals surface area contributed by atoms with Gasteiger partial charge in [-0.2, -0.15) is 0 Å². The first kappa shape index (κ1) is 41.9.